The van der Waals surface area contributed by atoms with E-state index in [0.717, 1.165) is 22.3 Å². The van der Waals surface area contributed by atoms with E-state index in [-0.39, 0.29) is 0 Å². The van der Waals surface area contributed by atoms with Gasteiger partial charge in [0.25, 0.3) is 0 Å². The topological polar surface area (TPSA) is 50.9 Å². The minimum Gasteiger partial charge on any atom is -0.389 e. The van der Waals surface area contributed by atoms with Crippen molar-refractivity contribution in [1.29, 1.82) is 0 Å². The summed E-state index contributed by atoms with van der Waals surface area (Å²) in [4.78, 5) is 0. The first kappa shape index (κ1) is 12.1. The Morgan fingerprint density at radius 3 is 2.74 bits per heavy atom. The number of aliphatic hydroxyl groups excluding tert-OH is 1. The van der Waals surface area contributed by atoms with E-state index in [2.05, 4.69) is 10.3 Å². The fourth-order valence-electron chi connectivity index (χ4n) is 2.00. The number of aromatic nitrogens is 3. The second-order valence-electron chi connectivity index (χ2n) is 4.38. The zero-order valence-electron chi connectivity index (χ0n) is 10.3. The Balaban J connectivity index is 2.17. The van der Waals surface area contributed by atoms with Crippen LogP contribution in [0.1, 0.15) is 18.6 Å². The van der Waals surface area contributed by atoms with Gasteiger partial charge in [0.2, 0.25) is 0 Å². The second kappa shape index (κ2) is 4.64. The number of hydrogen-bond donors (Lipinski definition) is 1. The minimum atomic E-state index is -0.543. The van der Waals surface area contributed by atoms with Crippen molar-refractivity contribution in [1.82, 2.24) is 15.0 Å². The Hall–Kier alpha value is -1.91. The zero-order chi connectivity index (χ0) is 13.4. The molecular formula is C14H12ClN3O. The van der Waals surface area contributed by atoms with E-state index in [4.69, 9.17) is 11.6 Å². The first-order valence-electron chi connectivity index (χ1n) is 5.95. The van der Waals surface area contributed by atoms with Crippen molar-refractivity contribution in [3.05, 3.63) is 53.1 Å². The monoisotopic (exact) mass is 273 g/mol. The smallest absolute Gasteiger partial charge is 0.113 e. The molecule has 1 heterocycles. The standard InChI is InChI=1S/C14H12ClN3O/c1-9(19)10-6-7-13(11(15)8-10)18-14-5-3-2-4-12(14)16-17-18/h2-9,19H,1H3. The maximum absolute atomic E-state index is 9.55. The molecular weight excluding hydrogens is 262 g/mol. The maximum atomic E-state index is 9.55. The molecule has 1 atom stereocenters. The van der Waals surface area contributed by atoms with Crippen LogP contribution in [-0.4, -0.2) is 20.1 Å². The summed E-state index contributed by atoms with van der Waals surface area (Å²) in [6.45, 7) is 1.70. The summed E-state index contributed by atoms with van der Waals surface area (Å²) in [5, 5.41) is 18.3. The average Bonchev–Trinajstić information content (AvgIpc) is 2.82. The summed E-state index contributed by atoms with van der Waals surface area (Å²) in [6, 6.07) is 13.1. The molecule has 19 heavy (non-hydrogen) atoms. The van der Waals surface area contributed by atoms with E-state index in [9.17, 15) is 5.11 Å². The molecule has 96 valence electrons. The third-order valence-corrected chi connectivity index (χ3v) is 3.34. The van der Waals surface area contributed by atoms with E-state index in [0.29, 0.717) is 5.02 Å². The van der Waals surface area contributed by atoms with Gasteiger partial charge in [0.15, 0.2) is 0 Å². The minimum absolute atomic E-state index is 0.536. The van der Waals surface area contributed by atoms with Crippen molar-refractivity contribution < 1.29 is 5.11 Å². The summed E-state index contributed by atoms with van der Waals surface area (Å²) in [6.07, 6.45) is -0.543. The molecule has 1 N–H and O–H groups in total. The van der Waals surface area contributed by atoms with Crippen molar-refractivity contribution in [3.63, 3.8) is 0 Å². The van der Waals surface area contributed by atoms with Gasteiger partial charge >= 0.3 is 0 Å². The number of para-hydroxylation sites is 1. The van der Waals surface area contributed by atoms with Crippen LogP contribution < -0.4 is 0 Å². The normalized spacial score (nSPS) is 12.8. The van der Waals surface area contributed by atoms with Crippen LogP contribution in [0.15, 0.2) is 42.5 Å². The van der Waals surface area contributed by atoms with Crippen LogP contribution in [0.5, 0.6) is 0 Å². The molecule has 0 spiro atoms. The van der Waals surface area contributed by atoms with Crippen LogP contribution in [0.25, 0.3) is 16.7 Å². The Morgan fingerprint density at radius 2 is 2.00 bits per heavy atom. The van der Waals surface area contributed by atoms with E-state index < -0.39 is 6.10 Å². The zero-order valence-corrected chi connectivity index (χ0v) is 11.0. The lowest BCUT2D eigenvalue weighted by Crippen LogP contribution is -1.99. The molecule has 3 aromatic rings. The number of nitrogens with zero attached hydrogens (tertiary/aromatic N) is 3. The molecule has 0 fully saturated rings. The summed E-state index contributed by atoms with van der Waals surface area (Å²) in [5.74, 6) is 0. The quantitative estimate of drug-likeness (QED) is 0.780. The Labute approximate surface area is 115 Å². The number of aliphatic hydroxyl groups is 1. The Bertz CT molecular complexity index is 736. The van der Waals surface area contributed by atoms with Gasteiger partial charge in [0.05, 0.1) is 22.3 Å². The lowest BCUT2D eigenvalue weighted by atomic mass is 10.1. The molecule has 0 aliphatic rings. The number of fused-ring (bicyclic) bond motifs is 1. The summed E-state index contributed by atoms with van der Waals surface area (Å²) in [5.41, 5.74) is 3.24. The summed E-state index contributed by atoms with van der Waals surface area (Å²) >= 11 is 6.27. The van der Waals surface area contributed by atoms with Crippen LogP contribution in [-0.2, 0) is 0 Å². The van der Waals surface area contributed by atoms with Crippen molar-refractivity contribution in [3.8, 4) is 5.69 Å². The molecule has 3 rings (SSSR count). The van der Waals surface area contributed by atoms with Crippen LogP contribution in [0, 0.1) is 0 Å². The van der Waals surface area contributed by atoms with Gasteiger partial charge in [0.1, 0.15) is 5.52 Å². The molecule has 0 radical (unpaired) electrons. The fourth-order valence-corrected chi connectivity index (χ4v) is 2.27. The third kappa shape index (κ3) is 2.09. The largest absolute Gasteiger partial charge is 0.389 e. The summed E-state index contributed by atoms with van der Waals surface area (Å²) < 4.78 is 1.70. The predicted octanol–water partition coefficient (Wildman–Crippen LogP) is 3.13. The highest BCUT2D eigenvalue weighted by molar-refractivity contribution is 6.32. The fraction of sp³-hybridized carbons (Fsp3) is 0.143. The van der Waals surface area contributed by atoms with Crippen LogP contribution in [0.4, 0.5) is 0 Å². The van der Waals surface area contributed by atoms with Crippen molar-refractivity contribution >= 4 is 22.6 Å². The summed E-state index contributed by atoms with van der Waals surface area (Å²) in [7, 11) is 0. The van der Waals surface area contributed by atoms with Crippen LogP contribution in [0.2, 0.25) is 5.02 Å². The predicted molar refractivity (Wildman–Crippen MR) is 74.5 cm³/mol. The molecule has 0 amide bonds. The Morgan fingerprint density at radius 1 is 1.21 bits per heavy atom. The van der Waals surface area contributed by atoms with E-state index in [1.54, 1.807) is 17.7 Å². The first-order valence-corrected chi connectivity index (χ1v) is 6.33. The van der Waals surface area contributed by atoms with Gasteiger partial charge in [-0.2, -0.15) is 0 Å². The molecule has 0 aliphatic heterocycles. The lowest BCUT2D eigenvalue weighted by Gasteiger charge is -2.09. The molecule has 2 aromatic carbocycles. The molecule has 0 aliphatic carbocycles. The number of rotatable bonds is 2. The molecule has 0 saturated carbocycles. The van der Waals surface area contributed by atoms with Crippen molar-refractivity contribution in [2.75, 3.05) is 0 Å². The first-order chi connectivity index (χ1) is 9.16. The van der Waals surface area contributed by atoms with Crippen LogP contribution >= 0.6 is 11.6 Å². The molecule has 0 saturated heterocycles. The number of halogens is 1. The highest BCUT2D eigenvalue weighted by atomic mass is 35.5. The van der Waals surface area contributed by atoms with E-state index in [1.807, 2.05) is 36.4 Å². The molecule has 1 unspecified atom stereocenters. The third-order valence-electron chi connectivity index (χ3n) is 3.03. The van der Waals surface area contributed by atoms with Gasteiger partial charge in [-0.25, -0.2) is 4.68 Å². The van der Waals surface area contributed by atoms with E-state index >= 15 is 0 Å². The van der Waals surface area contributed by atoms with Gasteiger partial charge in [-0.15, -0.1) is 5.10 Å². The van der Waals surface area contributed by atoms with Gasteiger partial charge in [0, 0.05) is 0 Å². The average molecular weight is 274 g/mol. The second-order valence-corrected chi connectivity index (χ2v) is 4.78. The SMILES string of the molecule is CC(O)c1ccc(-n2nnc3ccccc32)c(Cl)c1. The Kier molecular flexibility index (Phi) is 2.97. The maximum Gasteiger partial charge on any atom is 0.113 e. The highest BCUT2D eigenvalue weighted by Gasteiger charge is 2.11. The van der Waals surface area contributed by atoms with Crippen molar-refractivity contribution in [2.24, 2.45) is 0 Å². The molecule has 0 bridgehead atoms. The number of hydrogen-bond acceptors (Lipinski definition) is 3. The van der Waals surface area contributed by atoms with Gasteiger partial charge in [-0.3, -0.25) is 0 Å². The van der Waals surface area contributed by atoms with E-state index in [1.165, 1.54) is 0 Å². The van der Waals surface area contributed by atoms with Gasteiger partial charge < -0.3 is 5.11 Å². The van der Waals surface area contributed by atoms with Gasteiger partial charge in [-0.05, 0) is 36.8 Å². The lowest BCUT2D eigenvalue weighted by molar-refractivity contribution is 0.199. The van der Waals surface area contributed by atoms with Gasteiger partial charge in [-0.1, -0.05) is 35.0 Å². The molecule has 4 nitrogen and oxygen atoms in total. The molecule has 1 aromatic heterocycles. The van der Waals surface area contributed by atoms with Crippen LogP contribution in [0.3, 0.4) is 0 Å². The highest BCUT2D eigenvalue weighted by Crippen LogP contribution is 2.26. The van der Waals surface area contributed by atoms with Crippen molar-refractivity contribution in [2.45, 2.75) is 13.0 Å². The molecule has 5 heteroatoms. The number of benzene rings is 2.